The van der Waals surface area contributed by atoms with E-state index in [0.29, 0.717) is 5.41 Å². The average molecular weight is 325 g/mol. The monoisotopic (exact) mass is 324 g/mol. The molecule has 1 spiro atoms. The van der Waals surface area contributed by atoms with Gasteiger partial charge < -0.3 is 20.0 Å². The van der Waals surface area contributed by atoms with E-state index >= 15 is 0 Å². The molecule has 2 N–H and O–H groups in total. The van der Waals surface area contributed by atoms with E-state index < -0.39 is 6.10 Å². The number of hydrogen-bond acceptors (Lipinski definition) is 4. The molecule has 0 amide bonds. The summed E-state index contributed by atoms with van der Waals surface area (Å²) in [5.74, 6) is 0. The normalized spacial score (nSPS) is 22.2. The lowest BCUT2D eigenvalue weighted by molar-refractivity contribution is 0.00338. The lowest BCUT2D eigenvalue weighted by Crippen LogP contribution is -2.55. The minimum absolute atomic E-state index is 0. The minimum Gasteiger partial charge on any atom is -0.389 e. The van der Waals surface area contributed by atoms with Crippen LogP contribution in [0.3, 0.4) is 0 Å². The number of nitrogens with zero attached hydrogens (tertiary/aromatic N) is 2. The summed E-state index contributed by atoms with van der Waals surface area (Å²) in [6, 6.07) is 0. The van der Waals surface area contributed by atoms with E-state index in [-0.39, 0.29) is 14.2 Å². The van der Waals surface area contributed by atoms with Crippen LogP contribution in [0, 0.1) is 5.41 Å². The maximum absolute atomic E-state index is 9.40. The Balaban J connectivity index is 0.00000264. The second kappa shape index (κ2) is 9.45. The first-order valence-corrected chi connectivity index (χ1v) is 8.65. The van der Waals surface area contributed by atoms with Crippen molar-refractivity contribution in [2.75, 3.05) is 32.9 Å². The molecule has 1 atom stereocenters. The number of likely N-dealkylation sites (tertiary alicyclic amines) is 1. The van der Waals surface area contributed by atoms with Gasteiger partial charge in [0.2, 0.25) is 0 Å². The van der Waals surface area contributed by atoms with E-state index in [1.54, 1.807) is 6.92 Å². The highest BCUT2D eigenvalue weighted by Crippen LogP contribution is 2.45. The molecule has 1 saturated heterocycles. The molecule has 0 radical (unpaired) electrons. The average Bonchev–Trinajstić information content (AvgIpc) is 2.94. The van der Waals surface area contributed by atoms with Crippen molar-refractivity contribution in [3.05, 3.63) is 23.9 Å². The summed E-state index contributed by atoms with van der Waals surface area (Å²) in [4.78, 5) is 4.47. The number of allylic oxidation sites excluding steroid dienone is 2. The van der Waals surface area contributed by atoms with Gasteiger partial charge in [0.25, 0.3) is 0 Å². The third-order valence-electron chi connectivity index (χ3n) is 5.20. The number of aliphatic hydroxyl groups is 2. The molecule has 0 aromatic heterocycles. The van der Waals surface area contributed by atoms with E-state index in [0.717, 1.165) is 25.1 Å². The zero-order valence-electron chi connectivity index (χ0n) is 14.2. The van der Waals surface area contributed by atoms with Gasteiger partial charge in [0.15, 0.2) is 0 Å². The van der Waals surface area contributed by atoms with Crippen LogP contribution in [0.15, 0.2) is 23.9 Å². The molecule has 2 aliphatic rings. The summed E-state index contributed by atoms with van der Waals surface area (Å²) in [6.45, 7) is 8.29. The molecule has 2 fully saturated rings. The number of rotatable bonds is 8. The Bertz CT molecular complexity index is 390. The summed E-state index contributed by atoms with van der Waals surface area (Å²) >= 11 is 0. The Kier molecular flexibility index (Phi) is 8.31. The van der Waals surface area contributed by atoms with Gasteiger partial charge in [-0.1, -0.05) is 26.3 Å². The van der Waals surface area contributed by atoms with Crippen molar-refractivity contribution in [2.24, 2.45) is 5.41 Å². The second-order valence-electron chi connectivity index (χ2n) is 7.15. The second-order valence-corrected chi connectivity index (χ2v) is 7.15. The van der Waals surface area contributed by atoms with Gasteiger partial charge in [-0.05, 0) is 56.7 Å². The fraction of sp³-hybridized carbons (Fsp3) is 0.789. The summed E-state index contributed by atoms with van der Waals surface area (Å²) in [5, 5.41) is 18.8. The minimum atomic E-state index is -0.415. The van der Waals surface area contributed by atoms with Crippen molar-refractivity contribution in [3.8, 4) is 0 Å². The first-order chi connectivity index (χ1) is 10.5. The van der Waals surface area contributed by atoms with Crippen LogP contribution in [-0.4, -0.2) is 59.0 Å². The van der Waals surface area contributed by atoms with Gasteiger partial charge in [-0.3, -0.25) is 0 Å². The SMILES string of the molecule is C.C/C(=C\C=C/N(CO)CCCN1CC2(CCCC2)C1)C(C)O. The Morgan fingerprint density at radius 3 is 2.52 bits per heavy atom. The summed E-state index contributed by atoms with van der Waals surface area (Å²) < 4.78 is 0. The Labute approximate surface area is 142 Å². The van der Waals surface area contributed by atoms with Gasteiger partial charge in [0.05, 0.1) is 6.10 Å². The van der Waals surface area contributed by atoms with Crippen LogP contribution < -0.4 is 0 Å². The molecule has 1 heterocycles. The highest BCUT2D eigenvalue weighted by atomic mass is 16.3. The predicted molar refractivity (Wildman–Crippen MR) is 97.1 cm³/mol. The van der Waals surface area contributed by atoms with Gasteiger partial charge in [-0.2, -0.15) is 0 Å². The standard InChI is InChI=1S/C18H32N2O2.CH4/c1-16(17(2)22)7-5-10-19(15-21)11-6-12-20-13-18(14-20)8-3-4-9-18;/h5,7,10,17,21-22H,3-4,6,8-9,11-15H2,1-2H3;1H4/b10-5-,16-7+;. The maximum Gasteiger partial charge on any atom is 0.115 e. The molecule has 1 saturated carbocycles. The third-order valence-corrected chi connectivity index (χ3v) is 5.20. The van der Waals surface area contributed by atoms with Gasteiger partial charge in [0.1, 0.15) is 6.73 Å². The molecule has 4 nitrogen and oxygen atoms in total. The molecule has 1 aliphatic carbocycles. The zero-order valence-corrected chi connectivity index (χ0v) is 14.2. The van der Waals surface area contributed by atoms with Crippen molar-refractivity contribution >= 4 is 0 Å². The van der Waals surface area contributed by atoms with E-state index in [1.807, 2.05) is 30.2 Å². The quantitative estimate of drug-likeness (QED) is 0.532. The van der Waals surface area contributed by atoms with Crippen molar-refractivity contribution in [1.82, 2.24) is 9.80 Å². The van der Waals surface area contributed by atoms with Crippen LogP contribution >= 0.6 is 0 Å². The lowest BCUT2D eigenvalue weighted by atomic mass is 9.78. The molecule has 0 aromatic rings. The molecular weight excluding hydrogens is 288 g/mol. The summed E-state index contributed by atoms with van der Waals surface area (Å²) in [5.41, 5.74) is 1.61. The molecule has 23 heavy (non-hydrogen) atoms. The number of hydrogen-bond donors (Lipinski definition) is 2. The van der Waals surface area contributed by atoms with Crippen molar-refractivity contribution < 1.29 is 10.2 Å². The molecule has 1 unspecified atom stereocenters. The molecule has 2 rings (SSSR count). The molecule has 1 aliphatic heterocycles. The maximum atomic E-state index is 9.40. The Hall–Kier alpha value is -0.840. The van der Waals surface area contributed by atoms with E-state index in [4.69, 9.17) is 0 Å². The van der Waals surface area contributed by atoms with Crippen LogP contribution in [-0.2, 0) is 0 Å². The smallest absolute Gasteiger partial charge is 0.115 e. The largest absolute Gasteiger partial charge is 0.389 e. The molecule has 4 heteroatoms. The highest BCUT2D eigenvalue weighted by molar-refractivity contribution is 5.12. The molecular formula is C19H36N2O2. The van der Waals surface area contributed by atoms with Gasteiger partial charge in [-0.15, -0.1) is 0 Å². The van der Waals surface area contributed by atoms with Crippen molar-refractivity contribution in [2.45, 2.75) is 59.5 Å². The predicted octanol–water partition coefficient (Wildman–Crippen LogP) is 2.98. The fourth-order valence-electron chi connectivity index (χ4n) is 3.65. The molecule has 0 bridgehead atoms. The fourth-order valence-corrected chi connectivity index (χ4v) is 3.65. The highest BCUT2D eigenvalue weighted by Gasteiger charge is 2.43. The van der Waals surface area contributed by atoms with E-state index in [2.05, 4.69) is 4.90 Å². The van der Waals surface area contributed by atoms with Crippen molar-refractivity contribution in [3.63, 3.8) is 0 Å². The third kappa shape index (κ3) is 5.94. The van der Waals surface area contributed by atoms with E-state index in [1.165, 1.54) is 38.8 Å². The lowest BCUT2D eigenvalue weighted by Gasteiger charge is -2.48. The van der Waals surface area contributed by atoms with Gasteiger partial charge >= 0.3 is 0 Å². The summed E-state index contributed by atoms with van der Waals surface area (Å²) in [7, 11) is 0. The molecule has 0 aromatic carbocycles. The van der Waals surface area contributed by atoms with Crippen LogP contribution in [0.1, 0.15) is 53.4 Å². The van der Waals surface area contributed by atoms with Gasteiger partial charge in [0, 0.05) is 25.8 Å². The van der Waals surface area contributed by atoms with E-state index in [9.17, 15) is 10.2 Å². The summed E-state index contributed by atoms with van der Waals surface area (Å²) in [6.07, 6.45) is 12.1. The zero-order chi connectivity index (χ0) is 16.0. The van der Waals surface area contributed by atoms with Crippen molar-refractivity contribution in [1.29, 1.82) is 0 Å². The first-order valence-electron chi connectivity index (χ1n) is 8.65. The van der Waals surface area contributed by atoms with Crippen LogP contribution in [0.4, 0.5) is 0 Å². The van der Waals surface area contributed by atoms with Gasteiger partial charge in [-0.25, -0.2) is 0 Å². The number of aliphatic hydroxyl groups excluding tert-OH is 2. The first kappa shape index (κ1) is 20.2. The van der Waals surface area contributed by atoms with Crippen LogP contribution in [0.2, 0.25) is 0 Å². The van der Waals surface area contributed by atoms with Crippen LogP contribution in [0.25, 0.3) is 0 Å². The molecule has 134 valence electrons. The van der Waals surface area contributed by atoms with Crippen LogP contribution in [0.5, 0.6) is 0 Å². The Morgan fingerprint density at radius 2 is 1.96 bits per heavy atom. The Morgan fingerprint density at radius 1 is 1.30 bits per heavy atom. The topological polar surface area (TPSA) is 46.9 Å².